The molecule has 0 aliphatic heterocycles. The predicted octanol–water partition coefficient (Wildman–Crippen LogP) is 4.71. The fourth-order valence-electron chi connectivity index (χ4n) is 2.44. The number of aromatic nitrogens is 1. The minimum Gasteiger partial charge on any atom is -0.497 e. The van der Waals surface area contributed by atoms with E-state index >= 15 is 0 Å². The normalized spacial score (nSPS) is 10.3. The average Bonchev–Trinajstić information content (AvgIpc) is 2.84. The molecular formula is C18H21NO. The van der Waals surface area contributed by atoms with Crippen LogP contribution in [0.2, 0.25) is 0 Å². The first-order chi connectivity index (χ1) is 9.28. The van der Waals surface area contributed by atoms with Gasteiger partial charge in [0.15, 0.2) is 0 Å². The number of rotatable bonds is 3. The van der Waals surface area contributed by atoms with Crippen LogP contribution in [0.15, 0.2) is 48.7 Å². The third kappa shape index (κ3) is 2.55. The zero-order valence-electron chi connectivity index (χ0n) is 11.2. The highest BCUT2D eigenvalue weighted by Crippen LogP contribution is 2.26. The van der Waals surface area contributed by atoms with Crippen LogP contribution in [0.3, 0.4) is 0 Å². The van der Waals surface area contributed by atoms with Crippen LogP contribution in [0.25, 0.3) is 10.9 Å². The van der Waals surface area contributed by atoms with Crippen molar-refractivity contribution in [3.05, 3.63) is 65.4 Å². The minimum absolute atomic E-state index is 0. The summed E-state index contributed by atoms with van der Waals surface area (Å²) < 4.78 is 5.31. The molecule has 0 unspecified atom stereocenters. The zero-order valence-corrected chi connectivity index (χ0v) is 11.2. The third-order valence-electron chi connectivity index (χ3n) is 3.62. The van der Waals surface area contributed by atoms with Crippen molar-refractivity contribution in [1.29, 1.82) is 0 Å². The summed E-state index contributed by atoms with van der Waals surface area (Å²) in [6, 6.07) is 14.7. The smallest absolute Gasteiger partial charge is 0.119 e. The Kier molecular flexibility index (Phi) is 4.14. The zero-order chi connectivity index (χ0) is 13.2. The lowest BCUT2D eigenvalue weighted by Gasteiger charge is -2.05. The molecule has 3 rings (SSSR count). The van der Waals surface area contributed by atoms with Crippen molar-refractivity contribution in [2.75, 3.05) is 7.11 Å². The molecule has 1 N–H and O–H groups in total. The highest BCUT2D eigenvalue weighted by atomic mass is 16.5. The molecule has 1 heterocycles. The first-order valence-electron chi connectivity index (χ1n) is 6.46. The molecular weight excluding hydrogens is 246 g/mol. The van der Waals surface area contributed by atoms with Gasteiger partial charge in [-0.05, 0) is 48.2 Å². The summed E-state index contributed by atoms with van der Waals surface area (Å²) in [5.74, 6) is 0.901. The number of hydrogen-bond acceptors (Lipinski definition) is 1. The first kappa shape index (κ1) is 14.2. The van der Waals surface area contributed by atoms with Crippen molar-refractivity contribution in [2.24, 2.45) is 0 Å². The molecule has 2 aromatic carbocycles. The van der Waals surface area contributed by atoms with Gasteiger partial charge in [-0.15, -0.1) is 0 Å². The second kappa shape index (κ2) is 5.83. The molecule has 3 aromatic rings. The molecule has 0 aliphatic rings. The van der Waals surface area contributed by atoms with Crippen molar-refractivity contribution >= 4 is 10.9 Å². The lowest BCUT2D eigenvalue weighted by Crippen LogP contribution is -1.90. The van der Waals surface area contributed by atoms with Gasteiger partial charge >= 0.3 is 0 Å². The fraction of sp³-hybridized carbons (Fsp3) is 0.222. The summed E-state index contributed by atoms with van der Waals surface area (Å²) in [4.78, 5) is 3.32. The second-order valence-corrected chi connectivity index (χ2v) is 4.83. The highest BCUT2D eigenvalue weighted by molar-refractivity contribution is 5.85. The van der Waals surface area contributed by atoms with Gasteiger partial charge in [0.1, 0.15) is 5.75 Å². The van der Waals surface area contributed by atoms with E-state index in [2.05, 4.69) is 54.5 Å². The first-order valence-corrected chi connectivity index (χ1v) is 6.46. The number of ether oxygens (including phenoxy) is 1. The van der Waals surface area contributed by atoms with E-state index in [4.69, 9.17) is 4.74 Å². The van der Waals surface area contributed by atoms with Gasteiger partial charge < -0.3 is 9.72 Å². The van der Waals surface area contributed by atoms with Crippen LogP contribution in [-0.2, 0) is 6.42 Å². The minimum atomic E-state index is 0. The van der Waals surface area contributed by atoms with Gasteiger partial charge in [-0.3, -0.25) is 0 Å². The maximum absolute atomic E-state index is 5.31. The number of benzene rings is 2. The maximum Gasteiger partial charge on any atom is 0.119 e. The lowest BCUT2D eigenvalue weighted by molar-refractivity contribution is 0.415. The Hall–Kier alpha value is -2.22. The summed E-state index contributed by atoms with van der Waals surface area (Å²) >= 11 is 0. The number of aromatic amines is 1. The van der Waals surface area contributed by atoms with Gasteiger partial charge in [-0.25, -0.2) is 0 Å². The molecule has 0 atom stereocenters. The predicted molar refractivity (Wildman–Crippen MR) is 85.6 cm³/mol. The monoisotopic (exact) mass is 267 g/mol. The number of nitrogens with one attached hydrogen (secondary N) is 1. The number of methoxy groups -OCH3 is 1. The molecule has 20 heavy (non-hydrogen) atoms. The van der Waals surface area contributed by atoms with Gasteiger partial charge in [0.2, 0.25) is 0 Å². The van der Waals surface area contributed by atoms with Crippen molar-refractivity contribution in [3.63, 3.8) is 0 Å². The van der Waals surface area contributed by atoms with Crippen molar-refractivity contribution < 1.29 is 4.74 Å². The van der Waals surface area contributed by atoms with Crippen LogP contribution in [-0.4, -0.2) is 12.1 Å². The van der Waals surface area contributed by atoms with Gasteiger partial charge in [0, 0.05) is 17.1 Å². The van der Waals surface area contributed by atoms with E-state index in [9.17, 15) is 0 Å². The number of H-pyrrole nitrogens is 1. The molecule has 0 saturated heterocycles. The molecule has 1 aromatic heterocycles. The lowest BCUT2D eigenvalue weighted by atomic mass is 10.0. The summed E-state index contributed by atoms with van der Waals surface area (Å²) in [5, 5.41) is 1.24. The quantitative estimate of drug-likeness (QED) is 0.730. The van der Waals surface area contributed by atoms with Gasteiger partial charge in [-0.1, -0.05) is 31.7 Å². The molecule has 104 valence electrons. The maximum atomic E-state index is 5.31. The van der Waals surface area contributed by atoms with E-state index in [1.807, 2.05) is 6.07 Å². The van der Waals surface area contributed by atoms with Crippen LogP contribution in [0.5, 0.6) is 5.75 Å². The topological polar surface area (TPSA) is 25.0 Å². The molecule has 0 spiro atoms. The standard InChI is InChI=1S/C17H17NO.CH4/c1-12-5-3-4-6-13(12)9-14-11-18-17-8-7-15(19-2)10-16(14)17;/h3-8,10-11,18H,9H2,1-2H3;1H4. The Morgan fingerprint density at radius 1 is 1.05 bits per heavy atom. The number of fused-ring (bicyclic) bond motifs is 1. The fourth-order valence-corrected chi connectivity index (χ4v) is 2.44. The van der Waals surface area contributed by atoms with Crippen molar-refractivity contribution in [2.45, 2.75) is 20.8 Å². The summed E-state index contributed by atoms with van der Waals surface area (Å²) in [7, 11) is 1.70. The Labute approximate surface area is 120 Å². The summed E-state index contributed by atoms with van der Waals surface area (Å²) in [6.45, 7) is 2.16. The molecule has 2 nitrogen and oxygen atoms in total. The third-order valence-corrected chi connectivity index (χ3v) is 3.62. The molecule has 0 fully saturated rings. The largest absolute Gasteiger partial charge is 0.497 e. The van der Waals surface area contributed by atoms with Crippen molar-refractivity contribution in [1.82, 2.24) is 4.98 Å². The average molecular weight is 267 g/mol. The Morgan fingerprint density at radius 2 is 1.85 bits per heavy atom. The van der Waals surface area contributed by atoms with E-state index in [1.165, 1.54) is 22.1 Å². The van der Waals surface area contributed by atoms with E-state index < -0.39 is 0 Å². The molecule has 0 saturated carbocycles. The number of hydrogen-bond donors (Lipinski definition) is 1. The second-order valence-electron chi connectivity index (χ2n) is 4.83. The SMILES string of the molecule is C.COc1ccc2[nH]cc(Cc3ccccc3C)c2c1. The Balaban J connectivity index is 0.00000147. The Bertz CT molecular complexity index is 712. The van der Waals surface area contributed by atoms with Gasteiger partial charge in [0.25, 0.3) is 0 Å². The molecule has 2 heteroatoms. The van der Waals surface area contributed by atoms with Gasteiger partial charge in [0.05, 0.1) is 7.11 Å². The van der Waals surface area contributed by atoms with Crippen LogP contribution in [0, 0.1) is 6.92 Å². The van der Waals surface area contributed by atoms with Crippen LogP contribution in [0.1, 0.15) is 24.1 Å². The van der Waals surface area contributed by atoms with E-state index in [-0.39, 0.29) is 7.43 Å². The summed E-state index contributed by atoms with van der Waals surface area (Å²) in [6.07, 6.45) is 3.04. The highest BCUT2D eigenvalue weighted by Gasteiger charge is 2.07. The molecule has 0 bridgehead atoms. The van der Waals surface area contributed by atoms with E-state index in [0.29, 0.717) is 0 Å². The number of aryl methyl sites for hydroxylation is 1. The van der Waals surface area contributed by atoms with Gasteiger partial charge in [-0.2, -0.15) is 0 Å². The van der Waals surface area contributed by atoms with Crippen LogP contribution in [0.4, 0.5) is 0 Å². The molecule has 0 radical (unpaired) electrons. The van der Waals surface area contributed by atoms with Crippen LogP contribution < -0.4 is 4.74 Å². The molecule has 0 amide bonds. The van der Waals surface area contributed by atoms with Crippen LogP contribution >= 0.6 is 0 Å². The molecule has 0 aliphatic carbocycles. The Morgan fingerprint density at radius 3 is 2.60 bits per heavy atom. The summed E-state index contributed by atoms with van der Waals surface area (Å²) in [5.41, 5.74) is 5.17. The van der Waals surface area contributed by atoms with E-state index in [0.717, 1.165) is 17.7 Å². The van der Waals surface area contributed by atoms with E-state index in [1.54, 1.807) is 7.11 Å². The van der Waals surface area contributed by atoms with Crippen molar-refractivity contribution in [3.8, 4) is 5.75 Å².